The van der Waals surface area contributed by atoms with Gasteiger partial charge in [0.15, 0.2) is 0 Å². The summed E-state index contributed by atoms with van der Waals surface area (Å²) in [5.41, 5.74) is 0.392. The van der Waals surface area contributed by atoms with Crippen molar-refractivity contribution in [2.45, 2.75) is 6.10 Å². The van der Waals surface area contributed by atoms with E-state index in [0.717, 1.165) is 0 Å². The number of halogens is 2. The highest BCUT2D eigenvalue weighted by Crippen LogP contribution is 2.29. The summed E-state index contributed by atoms with van der Waals surface area (Å²) in [6.45, 7) is 0. The highest BCUT2D eigenvalue weighted by molar-refractivity contribution is 6.36. The van der Waals surface area contributed by atoms with Crippen LogP contribution in [0.25, 0.3) is 0 Å². The van der Waals surface area contributed by atoms with Gasteiger partial charge in [-0.05, 0) is 12.1 Å². The predicted octanol–water partition coefficient (Wildman–Crippen LogP) is 2.66. The van der Waals surface area contributed by atoms with Gasteiger partial charge in [-0.15, -0.1) is 6.42 Å². The van der Waals surface area contributed by atoms with Gasteiger partial charge >= 0.3 is 0 Å². The van der Waals surface area contributed by atoms with Crippen LogP contribution in [0.2, 0.25) is 10.0 Å². The second-order valence-electron chi connectivity index (χ2n) is 2.20. The zero-order valence-electron chi connectivity index (χ0n) is 6.09. The number of aliphatic hydroxyl groups is 1. The molecule has 1 aromatic rings. The van der Waals surface area contributed by atoms with Gasteiger partial charge < -0.3 is 5.11 Å². The first-order valence-corrected chi connectivity index (χ1v) is 4.00. The molecule has 12 heavy (non-hydrogen) atoms. The summed E-state index contributed by atoms with van der Waals surface area (Å²) in [6.07, 6.45) is 3.99. The smallest absolute Gasteiger partial charge is 0.142 e. The van der Waals surface area contributed by atoms with Gasteiger partial charge in [0.1, 0.15) is 6.10 Å². The largest absolute Gasteiger partial charge is 0.376 e. The zero-order valence-corrected chi connectivity index (χ0v) is 7.60. The van der Waals surface area contributed by atoms with Crippen LogP contribution < -0.4 is 0 Å². The Labute approximate surface area is 80.9 Å². The summed E-state index contributed by atoms with van der Waals surface area (Å²) in [4.78, 5) is 0. The second-order valence-corrected chi connectivity index (χ2v) is 3.02. The van der Waals surface area contributed by atoms with Crippen LogP contribution in [0.4, 0.5) is 0 Å². The summed E-state index contributed by atoms with van der Waals surface area (Å²) in [7, 11) is 0. The third-order valence-corrected chi connectivity index (χ3v) is 2.09. The van der Waals surface area contributed by atoms with E-state index in [0.29, 0.717) is 15.6 Å². The molecule has 0 aliphatic rings. The van der Waals surface area contributed by atoms with E-state index in [1.165, 1.54) is 0 Å². The topological polar surface area (TPSA) is 20.2 Å². The van der Waals surface area contributed by atoms with Crippen LogP contribution in [0.1, 0.15) is 11.7 Å². The van der Waals surface area contributed by atoms with Gasteiger partial charge in [-0.25, -0.2) is 0 Å². The number of hydrogen-bond acceptors (Lipinski definition) is 1. The first kappa shape index (κ1) is 9.41. The summed E-state index contributed by atoms with van der Waals surface area (Å²) in [6, 6.07) is 4.95. The molecule has 0 saturated carbocycles. The molecule has 0 aliphatic heterocycles. The van der Waals surface area contributed by atoms with Crippen molar-refractivity contribution in [3.8, 4) is 12.3 Å². The molecule has 0 aromatic heterocycles. The molecule has 0 radical (unpaired) electrons. The monoisotopic (exact) mass is 200 g/mol. The fourth-order valence-corrected chi connectivity index (χ4v) is 1.46. The van der Waals surface area contributed by atoms with Crippen LogP contribution in [-0.2, 0) is 0 Å². The van der Waals surface area contributed by atoms with Gasteiger partial charge in [0.05, 0.1) is 0 Å². The quantitative estimate of drug-likeness (QED) is 0.692. The summed E-state index contributed by atoms with van der Waals surface area (Å²) >= 11 is 11.5. The van der Waals surface area contributed by atoms with E-state index in [-0.39, 0.29) is 0 Å². The number of aliphatic hydroxyl groups excluding tert-OH is 1. The lowest BCUT2D eigenvalue weighted by atomic mass is 10.1. The van der Waals surface area contributed by atoms with Crippen LogP contribution in [0, 0.1) is 12.3 Å². The number of terminal acetylenes is 1. The average molecular weight is 201 g/mol. The average Bonchev–Trinajstić information content (AvgIpc) is 2.03. The molecule has 1 aromatic carbocycles. The van der Waals surface area contributed by atoms with E-state index in [1.54, 1.807) is 18.2 Å². The van der Waals surface area contributed by atoms with Crippen molar-refractivity contribution in [3.63, 3.8) is 0 Å². The predicted molar refractivity (Wildman–Crippen MR) is 50.3 cm³/mol. The van der Waals surface area contributed by atoms with Crippen LogP contribution in [0.5, 0.6) is 0 Å². The minimum absolute atomic E-state index is 0.382. The lowest BCUT2D eigenvalue weighted by molar-refractivity contribution is 0.239. The summed E-state index contributed by atoms with van der Waals surface area (Å²) in [5.74, 6) is 2.15. The van der Waals surface area contributed by atoms with E-state index < -0.39 is 6.10 Å². The molecule has 0 spiro atoms. The Morgan fingerprint density at radius 2 is 1.83 bits per heavy atom. The standard InChI is InChI=1S/C9H6Cl2O/c1-2-8(12)9-6(10)4-3-5-7(9)11/h1,3-5,8,12H. The molecule has 0 bridgehead atoms. The van der Waals surface area contributed by atoms with Crippen molar-refractivity contribution in [3.05, 3.63) is 33.8 Å². The molecule has 1 N–H and O–H groups in total. The van der Waals surface area contributed by atoms with Crippen molar-refractivity contribution >= 4 is 23.2 Å². The van der Waals surface area contributed by atoms with E-state index >= 15 is 0 Å². The molecule has 1 rings (SSSR count). The van der Waals surface area contributed by atoms with Gasteiger partial charge in [0.2, 0.25) is 0 Å². The van der Waals surface area contributed by atoms with E-state index in [9.17, 15) is 5.11 Å². The van der Waals surface area contributed by atoms with Gasteiger partial charge in [-0.3, -0.25) is 0 Å². The van der Waals surface area contributed by atoms with Crippen molar-refractivity contribution in [1.29, 1.82) is 0 Å². The van der Waals surface area contributed by atoms with Crippen molar-refractivity contribution in [2.24, 2.45) is 0 Å². The van der Waals surface area contributed by atoms with Crippen molar-refractivity contribution in [1.82, 2.24) is 0 Å². The van der Waals surface area contributed by atoms with Gasteiger partial charge in [-0.2, -0.15) is 0 Å². The first-order valence-electron chi connectivity index (χ1n) is 3.25. The lowest BCUT2D eigenvalue weighted by Crippen LogP contribution is -1.95. The molecule has 0 amide bonds. The van der Waals surface area contributed by atoms with Crippen LogP contribution >= 0.6 is 23.2 Å². The fourth-order valence-electron chi connectivity index (χ4n) is 0.855. The molecule has 62 valence electrons. The Balaban J connectivity index is 3.23. The second kappa shape index (κ2) is 3.82. The molecule has 1 atom stereocenters. The van der Waals surface area contributed by atoms with Crippen LogP contribution in [0.3, 0.4) is 0 Å². The zero-order chi connectivity index (χ0) is 9.14. The van der Waals surface area contributed by atoms with Gasteiger partial charge in [0, 0.05) is 15.6 Å². The Bertz CT molecular complexity index is 308. The SMILES string of the molecule is C#CC(O)c1c(Cl)cccc1Cl. The molecular formula is C9H6Cl2O. The molecule has 3 heteroatoms. The van der Waals surface area contributed by atoms with Crippen molar-refractivity contribution in [2.75, 3.05) is 0 Å². The van der Waals surface area contributed by atoms with E-state index in [4.69, 9.17) is 29.6 Å². The summed E-state index contributed by atoms with van der Waals surface area (Å²) in [5, 5.41) is 10.1. The third-order valence-electron chi connectivity index (χ3n) is 1.43. The fraction of sp³-hybridized carbons (Fsp3) is 0.111. The molecular weight excluding hydrogens is 195 g/mol. The van der Waals surface area contributed by atoms with E-state index in [1.807, 2.05) is 0 Å². The molecule has 0 fully saturated rings. The summed E-state index contributed by atoms with van der Waals surface area (Å²) < 4.78 is 0. The molecule has 0 aliphatic carbocycles. The molecule has 0 heterocycles. The Morgan fingerprint density at radius 1 is 1.33 bits per heavy atom. The van der Waals surface area contributed by atoms with Gasteiger partial charge in [0.25, 0.3) is 0 Å². The highest BCUT2D eigenvalue weighted by Gasteiger charge is 2.11. The Kier molecular flexibility index (Phi) is 2.99. The third kappa shape index (κ3) is 1.73. The minimum atomic E-state index is -1.04. The first-order chi connectivity index (χ1) is 5.66. The maximum atomic E-state index is 9.29. The normalized spacial score (nSPS) is 12.2. The maximum Gasteiger partial charge on any atom is 0.142 e. The molecule has 1 nitrogen and oxygen atoms in total. The Hall–Kier alpha value is -0.680. The van der Waals surface area contributed by atoms with Crippen molar-refractivity contribution < 1.29 is 5.11 Å². The number of benzene rings is 1. The number of hydrogen-bond donors (Lipinski definition) is 1. The van der Waals surface area contributed by atoms with Gasteiger partial charge in [-0.1, -0.05) is 35.2 Å². The van der Waals surface area contributed by atoms with E-state index in [2.05, 4.69) is 5.92 Å². The minimum Gasteiger partial charge on any atom is -0.376 e. The van der Waals surface area contributed by atoms with Crippen LogP contribution in [0.15, 0.2) is 18.2 Å². The maximum absolute atomic E-state index is 9.29. The lowest BCUT2D eigenvalue weighted by Gasteiger charge is -2.07. The number of rotatable bonds is 1. The highest BCUT2D eigenvalue weighted by atomic mass is 35.5. The van der Waals surface area contributed by atoms with Crippen LogP contribution in [-0.4, -0.2) is 5.11 Å². The molecule has 1 unspecified atom stereocenters. The Morgan fingerprint density at radius 3 is 2.25 bits per heavy atom. The molecule has 0 saturated heterocycles.